The third-order valence-corrected chi connectivity index (χ3v) is 6.93. The van der Waals surface area contributed by atoms with Crippen LogP contribution in [-0.2, 0) is 10.1 Å². The van der Waals surface area contributed by atoms with Crippen LogP contribution in [0.4, 0.5) is 16.2 Å². The Morgan fingerprint density at radius 3 is 2.10 bits per heavy atom. The first-order chi connectivity index (χ1) is 18.9. The molecule has 0 aliphatic rings. The number of carbonyl (C=O) groups is 2. The van der Waals surface area contributed by atoms with Crippen LogP contribution in [0.5, 0.6) is 11.5 Å². The second kappa shape index (κ2) is 11.1. The first-order valence-electron chi connectivity index (χ1n) is 11.9. The minimum Gasteiger partial charge on any atom is -0.423 e. The van der Waals surface area contributed by atoms with Gasteiger partial charge in [0.2, 0.25) is 0 Å². The molecule has 2 N–H and O–H groups in total. The Hall–Kier alpha value is -5.15. The lowest BCUT2D eigenvalue weighted by atomic mass is 10.1. The van der Waals surface area contributed by atoms with Crippen molar-refractivity contribution in [1.29, 1.82) is 0 Å². The largest absolute Gasteiger partial charge is 0.423 e. The quantitative estimate of drug-likeness (QED) is 0.140. The summed E-state index contributed by atoms with van der Waals surface area (Å²) in [4.78, 5) is 25.7. The van der Waals surface area contributed by atoms with Crippen LogP contribution in [0.3, 0.4) is 0 Å². The molecule has 0 aliphatic carbocycles. The highest BCUT2D eigenvalue weighted by Crippen LogP contribution is 2.29. The molecule has 0 saturated heterocycles. The number of nitrogens with one attached hydrogen (secondary N) is 2. The van der Waals surface area contributed by atoms with E-state index in [0.29, 0.717) is 5.69 Å². The highest BCUT2D eigenvalue weighted by Gasteiger charge is 2.23. The van der Waals surface area contributed by atoms with Gasteiger partial charge in [0.1, 0.15) is 16.2 Å². The van der Waals surface area contributed by atoms with Crippen LogP contribution >= 0.6 is 0 Å². The van der Waals surface area contributed by atoms with Crippen molar-refractivity contribution in [3.8, 4) is 11.5 Å². The van der Waals surface area contributed by atoms with E-state index in [0.717, 1.165) is 10.8 Å². The third kappa shape index (κ3) is 6.06. The second-order valence-electron chi connectivity index (χ2n) is 8.37. The Morgan fingerprint density at radius 2 is 1.33 bits per heavy atom. The first-order valence-corrected chi connectivity index (χ1v) is 13.3. The normalized spacial score (nSPS) is 11.0. The van der Waals surface area contributed by atoms with Gasteiger partial charge in [-0.05, 0) is 47.9 Å². The molecule has 5 aromatic rings. The van der Waals surface area contributed by atoms with Crippen LogP contribution in [0.15, 0.2) is 126 Å². The number of hydrogen-bond acceptors (Lipinski definition) is 6. The summed E-state index contributed by atoms with van der Waals surface area (Å²) in [5.74, 6) is -0.856. The summed E-state index contributed by atoms with van der Waals surface area (Å²) < 4.78 is 36.7. The summed E-state index contributed by atoms with van der Waals surface area (Å²) in [6, 6.07) is 32.4. The van der Waals surface area contributed by atoms with Gasteiger partial charge in [0.05, 0.1) is 5.69 Å². The fourth-order valence-corrected chi connectivity index (χ4v) is 4.82. The Morgan fingerprint density at radius 1 is 0.667 bits per heavy atom. The van der Waals surface area contributed by atoms with E-state index in [1.807, 2.05) is 36.4 Å². The molecule has 0 heterocycles. The number of ether oxygens (including phenoxy) is 1. The first kappa shape index (κ1) is 25.5. The lowest BCUT2D eigenvalue weighted by molar-refractivity contribution is 0.0733. The zero-order valence-corrected chi connectivity index (χ0v) is 21.2. The molecule has 5 rings (SSSR count). The molecule has 0 aliphatic heterocycles. The van der Waals surface area contributed by atoms with Crippen molar-refractivity contribution < 1.29 is 26.9 Å². The number of benzene rings is 5. The molecule has 9 heteroatoms. The van der Waals surface area contributed by atoms with Gasteiger partial charge in [-0.15, -0.1) is 0 Å². The van der Waals surface area contributed by atoms with Crippen molar-refractivity contribution in [2.75, 3.05) is 10.6 Å². The van der Waals surface area contributed by atoms with Gasteiger partial charge < -0.3 is 19.6 Å². The molecule has 0 fully saturated rings. The number of urea groups is 1. The van der Waals surface area contributed by atoms with E-state index in [-0.39, 0.29) is 27.6 Å². The zero-order chi connectivity index (χ0) is 27.2. The van der Waals surface area contributed by atoms with Crippen molar-refractivity contribution in [1.82, 2.24) is 0 Å². The Kier molecular flexibility index (Phi) is 7.24. The van der Waals surface area contributed by atoms with Gasteiger partial charge in [0.15, 0.2) is 5.75 Å². The van der Waals surface area contributed by atoms with Crippen LogP contribution in [0.25, 0.3) is 10.8 Å². The van der Waals surface area contributed by atoms with Gasteiger partial charge in [0, 0.05) is 17.1 Å². The summed E-state index contributed by atoms with van der Waals surface area (Å²) >= 11 is 0. The molecule has 0 bridgehead atoms. The number of amides is 2. The van der Waals surface area contributed by atoms with Gasteiger partial charge >= 0.3 is 22.1 Å². The molecule has 39 heavy (non-hydrogen) atoms. The van der Waals surface area contributed by atoms with Crippen LogP contribution < -0.4 is 19.6 Å². The lowest BCUT2D eigenvalue weighted by Gasteiger charge is -2.14. The molecule has 2 amide bonds. The molecule has 0 spiro atoms. The Balaban J connectivity index is 1.43. The van der Waals surface area contributed by atoms with Gasteiger partial charge in [-0.25, -0.2) is 9.59 Å². The average Bonchev–Trinajstić information content (AvgIpc) is 2.94. The van der Waals surface area contributed by atoms with Crippen LogP contribution in [0.2, 0.25) is 0 Å². The molecule has 0 aromatic heterocycles. The van der Waals surface area contributed by atoms with Gasteiger partial charge in [-0.2, -0.15) is 8.42 Å². The number of fused-ring (bicyclic) bond motifs is 1. The predicted octanol–water partition coefficient (Wildman–Crippen LogP) is 6.47. The molecule has 8 nitrogen and oxygen atoms in total. The van der Waals surface area contributed by atoms with Gasteiger partial charge in [-0.3, -0.25) is 0 Å². The van der Waals surface area contributed by atoms with Gasteiger partial charge in [-0.1, -0.05) is 72.8 Å². The molecule has 5 aromatic carbocycles. The van der Waals surface area contributed by atoms with E-state index in [9.17, 15) is 18.0 Å². The molecule has 0 atom stereocenters. The van der Waals surface area contributed by atoms with Crippen molar-refractivity contribution in [3.63, 3.8) is 0 Å². The van der Waals surface area contributed by atoms with Crippen molar-refractivity contribution in [2.45, 2.75) is 4.90 Å². The number of para-hydroxylation sites is 1. The number of hydrogen-bond donors (Lipinski definition) is 2. The Labute approximate surface area is 224 Å². The van der Waals surface area contributed by atoms with E-state index in [2.05, 4.69) is 10.6 Å². The summed E-state index contributed by atoms with van der Waals surface area (Å²) in [7, 11) is -4.30. The summed E-state index contributed by atoms with van der Waals surface area (Å²) in [5.41, 5.74) is 0.650. The minimum absolute atomic E-state index is 0.0977. The maximum atomic E-state index is 13.0. The van der Waals surface area contributed by atoms with E-state index in [1.165, 1.54) is 30.3 Å². The molecule has 194 valence electrons. The molecule has 0 unspecified atom stereocenters. The number of rotatable bonds is 7. The van der Waals surface area contributed by atoms with E-state index >= 15 is 0 Å². The van der Waals surface area contributed by atoms with Crippen molar-refractivity contribution in [2.24, 2.45) is 0 Å². The van der Waals surface area contributed by atoms with Crippen LogP contribution in [0.1, 0.15) is 10.4 Å². The summed E-state index contributed by atoms with van der Waals surface area (Å²) in [5, 5.41) is 7.27. The molecule has 0 saturated carbocycles. The smallest absolute Gasteiger partial charge is 0.347 e. The third-order valence-electron chi connectivity index (χ3n) is 5.68. The maximum Gasteiger partial charge on any atom is 0.347 e. The van der Waals surface area contributed by atoms with Crippen LogP contribution in [-0.4, -0.2) is 20.4 Å². The minimum atomic E-state index is -4.30. The molecular weight excluding hydrogens is 516 g/mol. The fraction of sp³-hybridized carbons (Fsp3) is 0. The number of carbonyl (C=O) groups excluding carboxylic acids is 2. The standard InChI is InChI=1S/C30H22N2O6S/c33-29(37-23-12-3-1-4-13-23)26-19-18-22(20-28(26)38-39(35,36)24-14-5-2-6-15-24)31-30(34)32-27-17-9-11-21-10-7-8-16-25(21)27/h1-20H,(H2,31,32,34). The monoisotopic (exact) mass is 538 g/mol. The van der Waals surface area contributed by atoms with E-state index in [1.54, 1.807) is 54.6 Å². The van der Waals surface area contributed by atoms with E-state index < -0.39 is 22.1 Å². The summed E-state index contributed by atoms with van der Waals surface area (Å²) in [6.07, 6.45) is 0. The average molecular weight is 539 g/mol. The Bertz CT molecular complexity index is 1750. The topological polar surface area (TPSA) is 111 Å². The summed E-state index contributed by atoms with van der Waals surface area (Å²) in [6.45, 7) is 0. The number of esters is 1. The highest BCUT2D eigenvalue weighted by atomic mass is 32.2. The van der Waals surface area contributed by atoms with E-state index in [4.69, 9.17) is 8.92 Å². The lowest BCUT2D eigenvalue weighted by Crippen LogP contribution is -2.20. The number of anilines is 2. The van der Waals surface area contributed by atoms with Gasteiger partial charge in [0.25, 0.3) is 0 Å². The maximum absolute atomic E-state index is 13.0. The predicted molar refractivity (Wildman–Crippen MR) is 149 cm³/mol. The van der Waals surface area contributed by atoms with Crippen molar-refractivity contribution in [3.05, 3.63) is 127 Å². The van der Waals surface area contributed by atoms with Crippen molar-refractivity contribution >= 4 is 44.3 Å². The second-order valence-corrected chi connectivity index (χ2v) is 9.92. The molecule has 0 radical (unpaired) electrons. The highest BCUT2D eigenvalue weighted by molar-refractivity contribution is 7.87. The van der Waals surface area contributed by atoms with Crippen LogP contribution in [0, 0.1) is 0 Å². The fourth-order valence-electron chi connectivity index (χ4n) is 3.86. The zero-order valence-electron chi connectivity index (χ0n) is 20.4. The molecular formula is C30H22N2O6S. The SMILES string of the molecule is O=C(Nc1ccc(C(=O)Oc2ccccc2)c(OS(=O)(=O)c2ccccc2)c1)Nc1cccc2ccccc12.